The van der Waals surface area contributed by atoms with Gasteiger partial charge in [-0.2, -0.15) is 5.26 Å². The smallest absolute Gasteiger partial charge is 0.232 e. The van der Waals surface area contributed by atoms with Gasteiger partial charge in [0, 0.05) is 11.8 Å². The van der Waals surface area contributed by atoms with E-state index in [-0.39, 0.29) is 11.2 Å². The van der Waals surface area contributed by atoms with Crippen molar-refractivity contribution in [1.82, 2.24) is 9.97 Å². The van der Waals surface area contributed by atoms with Crippen molar-refractivity contribution in [2.45, 2.75) is 26.2 Å². The molecule has 0 aliphatic heterocycles. The zero-order valence-corrected chi connectivity index (χ0v) is 12.1. The molecule has 0 saturated carbocycles. The first-order valence-corrected chi connectivity index (χ1v) is 6.38. The molecule has 0 N–H and O–H groups in total. The van der Waals surface area contributed by atoms with Crippen LogP contribution >= 0.6 is 0 Å². The van der Waals surface area contributed by atoms with E-state index in [1.165, 1.54) is 5.56 Å². The van der Waals surface area contributed by atoms with Crippen LogP contribution in [0.5, 0.6) is 5.75 Å². The summed E-state index contributed by atoms with van der Waals surface area (Å²) in [5, 5.41) is 8.91. The van der Waals surface area contributed by atoms with E-state index in [1.807, 2.05) is 12.1 Å². The van der Waals surface area contributed by atoms with Gasteiger partial charge in [-0.15, -0.1) is 0 Å². The zero-order valence-electron chi connectivity index (χ0n) is 12.1. The van der Waals surface area contributed by atoms with E-state index < -0.39 is 0 Å². The Balaban J connectivity index is 2.61. The molecule has 0 spiro atoms. The van der Waals surface area contributed by atoms with Crippen molar-refractivity contribution in [2.24, 2.45) is 0 Å². The number of nitrogens with zero attached hydrogens (tertiary/aromatic N) is 3. The summed E-state index contributed by atoms with van der Waals surface area (Å²) in [5.41, 5.74) is 2.79. The van der Waals surface area contributed by atoms with Gasteiger partial charge in [0.25, 0.3) is 0 Å². The average molecular weight is 267 g/mol. The zero-order chi connectivity index (χ0) is 14.8. The topological polar surface area (TPSA) is 58.8 Å². The van der Waals surface area contributed by atoms with E-state index in [1.54, 1.807) is 19.4 Å². The molecule has 0 saturated heterocycles. The van der Waals surface area contributed by atoms with E-state index in [2.05, 4.69) is 42.9 Å². The summed E-state index contributed by atoms with van der Waals surface area (Å²) in [4.78, 5) is 8.14. The summed E-state index contributed by atoms with van der Waals surface area (Å²) in [6.07, 6.45) is 1.59. The van der Waals surface area contributed by atoms with Gasteiger partial charge >= 0.3 is 0 Å². The number of rotatable bonds is 2. The Morgan fingerprint density at radius 2 is 1.95 bits per heavy atom. The normalized spacial score (nSPS) is 10.9. The van der Waals surface area contributed by atoms with E-state index >= 15 is 0 Å². The molecule has 0 radical (unpaired) electrons. The SMILES string of the molecule is COc1ccc(C(C)(C)C)cc1-c1ccnc(C#N)n1. The lowest BCUT2D eigenvalue weighted by Gasteiger charge is -2.21. The van der Waals surface area contributed by atoms with Gasteiger partial charge in [0.1, 0.15) is 11.8 Å². The Bertz CT molecular complexity index is 666. The maximum Gasteiger partial charge on any atom is 0.232 e. The molecule has 20 heavy (non-hydrogen) atoms. The first-order chi connectivity index (χ1) is 9.45. The van der Waals surface area contributed by atoms with Crippen molar-refractivity contribution in [3.05, 3.63) is 41.9 Å². The third-order valence-corrected chi connectivity index (χ3v) is 3.10. The summed E-state index contributed by atoms with van der Waals surface area (Å²) in [6, 6.07) is 9.78. The number of nitriles is 1. The molecule has 0 amide bonds. The van der Waals surface area contributed by atoms with Crippen molar-refractivity contribution in [1.29, 1.82) is 5.26 Å². The molecule has 0 fully saturated rings. The Kier molecular flexibility index (Phi) is 3.71. The molecule has 4 heteroatoms. The van der Waals surface area contributed by atoms with Crippen LogP contribution in [0, 0.1) is 11.3 Å². The van der Waals surface area contributed by atoms with Crippen molar-refractivity contribution in [2.75, 3.05) is 7.11 Å². The van der Waals surface area contributed by atoms with Crippen LogP contribution in [0.4, 0.5) is 0 Å². The lowest BCUT2D eigenvalue weighted by Crippen LogP contribution is -2.11. The maximum atomic E-state index is 8.91. The number of benzene rings is 1. The Morgan fingerprint density at radius 1 is 1.20 bits per heavy atom. The molecule has 102 valence electrons. The monoisotopic (exact) mass is 267 g/mol. The van der Waals surface area contributed by atoms with Gasteiger partial charge in [0.2, 0.25) is 5.82 Å². The van der Waals surface area contributed by atoms with Crippen molar-refractivity contribution >= 4 is 0 Å². The molecule has 0 bridgehead atoms. The van der Waals surface area contributed by atoms with Gasteiger partial charge in [-0.3, -0.25) is 0 Å². The van der Waals surface area contributed by atoms with Crippen molar-refractivity contribution in [3.63, 3.8) is 0 Å². The molecule has 1 aromatic carbocycles. The molecule has 0 atom stereocenters. The van der Waals surface area contributed by atoms with Crippen LogP contribution in [0.15, 0.2) is 30.5 Å². The van der Waals surface area contributed by atoms with E-state index in [4.69, 9.17) is 10.00 Å². The molecule has 1 heterocycles. The fourth-order valence-corrected chi connectivity index (χ4v) is 1.94. The minimum Gasteiger partial charge on any atom is -0.496 e. The predicted molar refractivity (Wildman–Crippen MR) is 77.4 cm³/mol. The minimum atomic E-state index is 0.0338. The van der Waals surface area contributed by atoms with Gasteiger partial charge in [-0.1, -0.05) is 26.8 Å². The quantitative estimate of drug-likeness (QED) is 0.837. The second-order valence-corrected chi connectivity index (χ2v) is 5.54. The molecule has 2 rings (SSSR count). The molecule has 1 aromatic heterocycles. The largest absolute Gasteiger partial charge is 0.496 e. The summed E-state index contributed by atoms with van der Waals surface area (Å²) in [5.74, 6) is 0.895. The average Bonchev–Trinajstić information content (AvgIpc) is 2.45. The van der Waals surface area contributed by atoms with Crippen LogP contribution < -0.4 is 4.74 Å². The molecule has 2 aromatic rings. The van der Waals surface area contributed by atoms with E-state index in [0.717, 1.165) is 11.3 Å². The predicted octanol–water partition coefficient (Wildman–Crippen LogP) is 3.32. The fraction of sp³-hybridized carbons (Fsp3) is 0.312. The maximum absolute atomic E-state index is 8.91. The van der Waals surface area contributed by atoms with Crippen LogP contribution in [0.25, 0.3) is 11.3 Å². The second kappa shape index (κ2) is 5.30. The van der Waals surface area contributed by atoms with E-state index in [0.29, 0.717) is 5.69 Å². The summed E-state index contributed by atoms with van der Waals surface area (Å²) in [7, 11) is 1.63. The molecule has 0 aliphatic rings. The highest BCUT2D eigenvalue weighted by atomic mass is 16.5. The summed E-state index contributed by atoms with van der Waals surface area (Å²) >= 11 is 0. The number of aromatic nitrogens is 2. The molecule has 4 nitrogen and oxygen atoms in total. The molecular formula is C16H17N3O. The van der Waals surface area contributed by atoms with Crippen LogP contribution in [-0.2, 0) is 5.41 Å². The molecule has 0 aliphatic carbocycles. The second-order valence-electron chi connectivity index (χ2n) is 5.54. The molecular weight excluding hydrogens is 250 g/mol. The first kappa shape index (κ1) is 14.0. The standard InChI is InChI=1S/C16H17N3O/c1-16(2,3)11-5-6-14(20-4)12(9-11)13-7-8-18-15(10-17)19-13/h5-9H,1-4H3. The van der Waals surface area contributed by atoms with Crippen LogP contribution in [0.2, 0.25) is 0 Å². The van der Waals surface area contributed by atoms with Gasteiger partial charge in [-0.05, 0) is 29.2 Å². The van der Waals surface area contributed by atoms with Gasteiger partial charge in [0.05, 0.1) is 12.8 Å². The van der Waals surface area contributed by atoms with Gasteiger partial charge in [-0.25, -0.2) is 9.97 Å². The number of ether oxygens (including phenoxy) is 1. The van der Waals surface area contributed by atoms with E-state index in [9.17, 15) is 0 Å². The van der Waals surface area contributed by atoms with Crippen LogP contribution in [0.3, 0.4) is 0 Å². The first-order valence-electron chi connectivity index (χ1n) is 6.38. The van der Waals surface area contributed by atoms with Crippen LogP contribution in [-0.4, -0.2) is 17.1 Å². The number of hydrogen-bond acceptors (Lipinski definition) is 4. The lowest BCUT2D eigenvalue weighted by atomic mass is 9.85. The molecule has 0 unspecified atom stereocenters. The summed E-state index contributed by atoms with van der Waals surface area (Å²) < 4.78 is 5.40. The Labute approximate surface area is 119 Å². The minimum absolute atomic E-state index is 0.0338. The van der Waals surface area contributed by atoms with Crippen molar-refractivity contribution in [3.8, 4) is 23.1 Å². The number of methoxy groups -OCH3 is 1. The fourth-order valence-electron chi connectivity index (χ4n) is 1.94. The highest BCUT2D eigenvalue weighted by Crippen LogP contribution is 2.33. The van der Waals surface area contributed by atoms with Crippen molar-refractivity contribution < 1.29 is 4.74 Å². The van der Waals surface area contributed by atoms with Gasteiger partial charge < -0.3 is 4.74 Å². The number of hydrogen-bond donors (Lipinski definition) is 0. The Hall–Kier alpha value is -2.41. The summed E-state index contributed by atoms with van der Waals surface area (Å²) in [6.45, 7) is 6.46. The van der Waals surface area contributed by atoms with Gasteiger partial charge in [0.15, 0.2) is 0 Å². The Morgan fingerprint density at radius 3 is 2.55 bits per heavy atom. The highest BCUT2D eigenvalue weighted by molar-refractivity contribution is 5.68. The third-order valence-electron chi connectivity index (χ3n) is 3.10. The van der Waals surface area contributed by atoms with Crippen LogP contribution in [0.1, 0.15) is 32.2 Å². The highest BCUT2D eigenvalue weighted by Gasteiger charge is 2.17. The lowest BCUT2D eigenvalue weighted by molar-refractivity contribution is 0.415. The third kappa shape index (κ3) is 2.77.